The Morgan fingerprint density at radius 3 is 1.86 bits per heavy atom. The predicted molar refractivity (Wildman–Crippen MR) is 53.9 cm³/mol. The lowest BCUT2D eigenvalue weighted by Crippen LogP contribution is -2.40. The van der Waals surface area contributed by atoms with E-state index in [0.717, 1.165) is 0 Å². The minimum Gasteiger partial charge on any atom is -0.481 e. The van der Waals surface area contributed by atoms with Crippen LogP contribution in [0.15, 0.2) is 0 Å². The third kappa shape index (κ3) is 3.01. The average molecular weight is 201 g/mol. The molecular weight excluding hydrogens is 182 g/mol. The molecule has 2 N–H and O–H groups in total. The molecule has 4 nitrogen and oxygen atoms in total. The monoisotopic (exact) mass is 201 g/mol. The summed E-state index contributed by atoms with van der Waals surface area (Å²) in [6.07, 6.45) is 0.314. The van der Waals surface area contributed by atoms with E-state index >= 15 is 0 Å². The van der Waals surface area contributed by atoms with E-state index in [1.54, 1.807) is 34.7 Å². The Labute approximate surface area is 84.7 Å². The standard InChI is InChI=1S/C10H19NO3/c1-9(2,7(12)11-5)6-10(3,4)8(13)14/h6H2,1-5H3,(H,11,12)(H,13,14). The second-order valence-corrected chi connectivity index (χ2v) is 4.83. The zero-order valence-corrected chi connectivity index (χ0v) is 9.47. The highest BCUT2D eigenvalue weighted by Crippen LogP contribution is 2.33. The highest BCUT2D eigenvalue weighted by Gasteiger charge is 2.38. The van der Waals surface area contributed by atoms with Gasteiger partial charge in [-0.25, -0.2) is 0 Å². The molecule has 0 aliphatic rings. The first-order valence-corrected chi connectivity index (χ1v) is 4.59. The highest BCUT2D eigenvalue weighted by atomic mass is 16.4. The van der Waals surface area contributed by atoms with Crippen LogP contribution in [0.3, 0.4) is 0 Å². The van der Waals surface area contributed by atoms with Crippen molar-refractivity contribution in [3.05, 3.63) is 0 Å². The maximum Gasteiger partial charge on any atom is 0.309 e. The van der Waals surface area contributed by atoms with Gasteiger partial charge in [-0.05, 0) is 20.3 Å². The summed E-state index contributed by atoms with van der Waals surface area (Å²) in [6, 6.07) is 0. The summed E-state index contributed by atoms with van der Waals surface area (Å²) in [5.41, 5.74) is -1.54. The van der Waals surface area contributed by atoms with Crippen LogP contribution in [0.4, 0.5) is 0 Å². The Kier molecular flexibility index (Phi) is 3.68. The van der Waals surface area contributed by atoms with E-state index < -0.39 is 16.8 Å². The Morgan fingerprint density at radius 2 is 1.57 bits per heavy atom. The number of rotatable bonds is 4. The molecule has 0 spiro atoms. The molecule has 0 unspecified atom stereocenters. The van der Waals surface area contributed by atoms with Crippen molar-refractivity contribution in [3.63, 3.8) is 0 Å². The first-order chi connectivity index (χ1) is 6.13. The Hall–Kier alpha value is -1.06. The van der Waals surface area contributed by atoms with Gasteiger partial charge in [0.15, 0.2) is 0 Å². The highest BCUT2D eigenvalue weighted by molar-refractivity contribution is 5.83. The third-order valence-electron chi connectivity index (χ3n) is 2.30. The zero-order chi connectivity index (χ0) is 11.6. The molecule has 0 heterocycles. The number of hydrogen-bond donors (Lipinski definition) is 2. The van der Waals surface area contributed by atoms with E-state index in [-0.39, 0.29) is 5.91 Å². The van der Waals surface area contributed by atoms with Crippen molar-refractivity contribution in [2.24, 2.45) is 10.8 Å². The van der Waals surface area contributed by atoms with Crippen LogP contribution in [-0.4, -0.2) is 24.0 Å². The summed E-state index contributed by atoms with van der Waals surface area (Å²) in [6.45, 7) is 6.74. The summed E-state index contributed by atoms with van der Waals surface area (Å²) in [4.78, 5) is 22.3. The smallest absolute Gasteiger partial charge is 0.309 e. The van der Waals surface area contributed by atoms with E-state index in [0.29, 0.717) is 6.42 Å². The van der Waals surface area contributed by atoms with Gasteiger partial charge in [0, 0.05) is 12.5 Å². The van der Waals surface area contributed by atoms with E-state index in [1.807, 2.05) is 0 Å². The van der Waals surface area contributed by atoms with Crippen LogP contribution < -0.4 is 5.32 Å². The molecule has 0 saturated heterocycles. The van der Waals surface area contributed by atoms with Crippen LogP contribution in [0, 0.1) is 10.8 Å². The van der Waals surface area contributed by atoms with Gasteiger partial charge in [-0.3, -0.25) is 9.59 Å². The van der Waals surface area contributed by atoms with Crippen LogP contribution in [0.25, 0.3) is 0 Å². The fourth-order valence-electron chi connectivity index (χ4n) is 1.60. The van der Waals surface area contributed by atoms with Crippen molar-refractivity contribution in [1.82, 2.24) is 5.32 Å². The molecule has 4 heteroatoms. The molecule has 0 atom stereocenters. The second-order valence-electron chi connectivity index (χ2n) is 4.83. The van der Waals surface area contributed by atoms with Crippen molar-refractivity contribution >= 4 is 11.9 Å². The van der Waals surface area contributed by atoms with E-state index in [1.165, 1.54) is 0 Å². The normalized spacial score (nSPS) is 12.4. The summed E-state index contributed by atoms with van der Waals surface area (Å²) in [5.74, 6) is -1.01. The van der Waals surface area contributed by atoms with Gasteiger partial charge in [0.25, 0.3) is 0 Å². The fourth-order valence-corrected chi connectivity index (χ4v) is 1.60. The first kappa shape index (κ1) is 12.9. The van der Waals surface area contributed by atoms with Crippen LogP contribution >= 0.6 is 0 Å². The number of amides is 1. The van der Waals surface area contributed by atoms with Crippen LogP contribution in [0.5, 0.6) is 0 Å². The molecule has 82 valence electrons. The topological polar surface area (TPSA) is 66.4 Å². The van der Waals surface area contributed by atoms with Crippen LogP contribution in [0.2, 0.25) is 0 Å². The van der Waals surface area contributed by atoms with E-state index in [9.17, 15) is 9.59 Å². The number of carbonyl (C=O) groups excluding carboxylic acids is 1. The van der Waals surface area contributed by atoms with Gasteiger partial charge in [-0.2, -0.15) is 0 Å². The molecule has 0 saturated carbocycles. The lowest BCUT2D eigenvalue weighted by Gasteiger charge is -2.30. The number of carbonyl (C=O) groups is 2. The van der Waals surface area contributed by atoms with Gasteiger partial charge in [0.1, 0.15) is 0 Å². The molecule has 1 amide bonds. The third-order valence-corrected chi connectivity index (χ3v) is 2.30. The maximum atomic E-state index is 11.4. The fraction of sp³-hybridized carbons (Fsp3) is 0.800. The van der Waals surface area contributed by atoms with Crippen molar-refractivity contribution in [2.75, 3.05) is 7.05 Å². The first-order valence-electron chi connectivity index (χ1n) is 4.59. The molecule has 0 aromatic carbocycles. The van der Waals surface area contributed by atoms with Gasteiger partial charge in [0.05, 0.1) is 5.41 Å². The summed E-state index contributed by atoms with van der Waals surface area (Å²) >= 11 is 0. The molecule has 0 aromatic heterocycles. The predicted octanol–water partition coefficient (Wildman–Crippen LogP) is 1.26. The SMILES string of the molecule is CNC(=O)C(C)(C)CC(C)(C)C(=O)O. The van der Waals surface area contributed by atoms with Crippen molar-refractivity contribution < 1.29 is 14.7 Å². The molecule has 0 aromatic rings. The molecule has 0 bridgehead atoms. The lowest BCUT2D eigenvalue weighted by molar-refractivity contribution is -0.149. The van der Waals surface area contributed by atoms with Crippen molar-refractivity contribution in [3.8, 4) is 0 Å². The Bertz CT molecular complexity index is 244. The average Bonchev–Trinajstić information content (AvgIpc) is 2.00. The van der Waals surface area contributed by atoms with Crippen molar-refractivity contribution in [2.45, 2.75) is 34.1 Å². The largest absolute Gasteiger partial charge is 0.481 e. The zero-order valence-electron chi connectivity index (χ0n) is 9.47. The van der Waals surface area contributed by atoms with Crippen LogP contribution in [0.1, 0.15) is 34.1 Å². The van der Waals surface area contributed by atoms with Crippen LogP contribution in [-0.2, 0) is 9.59 Å². The quantitative estimate of drug-likeness (QED) is 0.719. The molecule has 0 fully saturated rings. The summed E-state index contributed by atoms with van der Waals surface area (Å²) in [5, 5.41) is 11.5. The van der Waals surface area contributed by atoms with Gasteiger partial charge in [-0.15, -0.1) is 0 Å². The van der Waals surface area contributed by atoms with Gasteiger partial charge in [0.2, 0.25) is 5.91 Å². The number of hydrogen-bond acceptors (Lipinski definition) is 2. The Balaban J connectivity index is 4.66. The summed E-state index contributed by atoms with van der Waals surface area (Å²) < 4.78 is 0. The van der Waals surface area contributed by atoms with Crippen molar-refractivity contribution in [1.29, 1.82) is 0 Å². The molecule has 0 radical (unpaired) electrons. The minimum absolute atomic E-state index is 0.133. The minimum atomic E-state index is -0.880. The Morgan fingerprint density at radius 1 is 1.14 bits per heavy atom. The summed E-state index contributed by atoms with van der Waals surface area (Å²) in [7, 11) is 1.55. The number of carboxylic acids is 1. The second kappa shape index (κ2) is 3.98. The molecular formula is C10H19NO3. The van der Waals surface area contributed by atoms with Gasteiger partial charge >= 0.3 is 5.97 Å². The van der Waals surface area contributed by atoms with E-state index in [4.69, 9.17) is 5.11 Å². The molecule has 0 aliphatic heterocycles. The molecule has 14 heavy (non-hydrogen) atoms. The number of nitrogens with one attached hydrogen (secondary N) is 1. The maximum absolute atomic E-state index is 11.4. The molecule has 0 aliphatic carbocycles. The van der Waals surface area contributed by atoms with Gasteiger partial charge in [-0.1, -0.05) is 13.8 Å². The van der Waals surface area contributed by atoms with E-state index in [2.05, 4.69) is 5.32 Å². The lowest BCUT2D eigenvalue weighted by atomic mass is 9.74. The number of carboxylic acid groups (broad SMARTS) is 1. The number of aliphatic carboxylic acids is 1. The van der Waals surface area contributed by atoms with Gasteiger partial charge < -0.3 is 10.4 Å². The molecule has 0 rings (SSSR count).